The maximum absolute atomic E-state index is 11.2. The van der Waals surface area contributed by atoms with Crippen LogP contribution in [0.2, 0.25) is 5.02 Å². The predicted molar refractivity (Wildman–Crippen MR) is 78.4 cm³/mol. The summed E-state index contributed by atoms with van der Waals surface area (Å²) >= 11 is 5.88. The van der Waals surface area contributed by atoms with Crippen molar-refractivity contribution in [3.8, 4) is 5.75 Å². The molecule has 1 aromatic rings. The highest BCUT2D eigenvalue weighted by Crippen LogP contribution is 2.30. The van der Waals surface area contributed by atoms with Crippen LogP contribution in [0.25, 0.3) is 0 Å². The first-order chi connectivity index (χ1) is 9.49. The fourth-order valence-corrected chi connectivity index (χ4v) is 2.64. The van der Waals surface area contributed by atoms with Crippen LogP contribution in [0, 0.1) is 5.41 Å². The number of nitrogens with zero attached hydrogens (tertiary/aromatic N) is 1. The van der Waals surface area contributed by atoms with E-state index in [1.807, 2.05) is 25.1 Å². The topological polar surface area (TPSA) is 49.8 Å². The second-order valence-corrected chi connectivity index (χ2v) is 5.99. The maximum Gasteiger partial charge on any atom is 0.310 e. The van der Waals surface area contributed by atoms with Crippen LogP contribution in [0.5, 0.6) is 5.75 Å². The van der Waals surface area contributed by atoms with Gasteiger partial charge in [0, 0.05) is 18.1 Å². The van der Waals surface area contributed by atoms with Crippen LogP contribution < -0.4 is 4.74 Å². The highest BCUT2D eigenvalue weighted by Gasteiger charge is 2.39. The van der Waals surface area contributed by atoms with E-state index in [4.69, 9.17) is 16.3 Å². The van der Waals surface area contributed by atoms with Gasteiger partial charge >= 0.3 is 5.97 Å². The smallest absolute Gasteiger partial charge is 0.310 e. The van der Waals surface area contributed by atoms with Crippen molar-refractivity contribution in [1.82, 2.24) is 4.90 Å². The summed E-state index contributed by atoms with van der Waals surface area (Å²) in [5.74, 6) is 0.0736. The fraction of sp³-hybridized carbons (Fsp3) is 0.533. The SMILES string of the molecule is CC1(C(=O)O)CCN(CCCOc2cccc(Cl)c2)C1. The molecule has 1 unspecified atom stereocenters. The van der Waals surface area contributed by atoms with E-state index in [2.05, 4.69) is 4.90 Å². The molecule has 1 aromatic carbocycles. The molecule has 1 aliphatic rings. The van der Waals surface area contributed by atoms with Gasteiger partial charge in [-0.3, -0.25) is 4.79 Å². The van der Waals surface area contributed by atoms with Gasteiger partial charge in [0.15, 0.2) is 0 Å². The molecule has 5 heteroatoms. The largest absolute Gasteiger partial charge is 0.493 e. The van der Waals surface area contributed by atoms with E-state index in [1.165, 1.54) is 0 Å². The van der Waals surface area contributed by atoms with Crippen molar-refractivity contribution in [3.05, 3.63) is 29.3 Å². The third-order valence-corrected chi connectivity index (χ3v) is 3.99. The van der Waals surface area contributed by atoms with E-state index in [-0.39, 0.29) is 0 Å². The Morgan fingerprint density at radius 1 is 1.55 bits per heavy atom. The summed E-state index contributed by atoms with van der Waals surface area (Å²) in [5, 5.41) is 9.84. The van der Waals surface area contributed by atoms with Gasteiger partial charge in [0.2, 0.25) is 0 Å². The number of aliphatic carboxylic acids is 1. The summed E-state index contributed by atoms with van der Waals surface area (Å²) in [4.78, 5) is 13.3. The zero-order valence-corrected chi connectivity index (χ0v) is 12.4. The summed E-state index contributed by atoms with van der Waals surface area (Å²) in [7, 11) is 0. The lowest BCUT2D eigenvalue weighted by Crippen LogP contribution is -2.32. The Kier molecular flexibility index (Phi) is 4.89. The van der Waals surface area contributed by atoms with Crippen molar-refractivity contribution in [3.63, 3.8) is 0 Å². The monoisotopic (exact) mass is 297 g/mol. The molecule has 0 amide bonds. The number of hydrogen-bond acceptors (Lipinski definition) is 3. The van der Waals surface area contributed by atoms with Crippen LogP contribution in [0.4, 0.5) is 0 Å². The number of carboxylic acid groups (broad SMARTS) is 1. The van der Waals surface area contributed by atoms with Gasteiger partial charge in [0.25, 0.3) is 0 Å². The Bertz CT molecular complexity index is 480. The van der Waals surface area contributed by atoms with Gasteiger partial charge in [-0.15, -0.1) is 0 Å². The highest BCUT2D eigenvalue weighted by molar-refractivity contribution is 6.30. The molecule has 110 valence electrons. The van der Waals surface area contributed by atoms with E-state index in [0.717, 1.165) is 31.7 Å². The van der Waals surface area contributed by atoms with Gasteiger partial charge in [0.1, 0.15) is 5.75 Å². The first-order valence-corrected chi connectivity index (χ1v) is 7.21. The standard InChI is InChI=1S/C15H20ClNO3/c1-15(14(18)19)6-8-17(11-15)7-3-9-20-13-5-2-4-12(16)10-13/h2,4-5,10H,3,6-9,11H2,1H3,(H,18,19). The Hall–Kier alpha value is -1.26. The van der Waals surface area contributed by atoms with Gasteiger partial charge < -0.3 is 14.7 Å². The van der Waals surface area contributed by atoms with Crippen molar-refractivity contribution in [2.45, 2.75) is 19.8 Å². The molecular formula is C15H20ClNO3. The average Bonchev–Trinajstić information content (AvgIpc) is 2.78. The number of likely N-dealkylation sites (tertiary alicyclic amines) is 1. The molecule has 1 saturated heterocycles. The van der Waals surface area contributed by atoms with Crippen LogP contribution in [-0.2, 0) is 4.79 Å². The molecule has 1 N–H and O–H groups in total. The van der Waals surface area contributed by atoms with Crippen molar-refractivity contribution in [2.75, 3.05) is 26.2 Å². The van der Waals surface area contributed by atoms with Crippen LogP contribution in [0.1, 0.15) is 19.8 Å². The first kappa shape index (κ1) is 15.1. The summed E-state index contributed by atoms with van der Waals surface area (Å²) in [6.07, 6.45) is 1.60. The van der Waals surface area contributed by atoms with Gasteiger partial charge in [-0.1, -0.05) is 17.7 Å². The number of carboxylic acids is 1. The second kappa shape index (κ2) is 6.46. The molecule has 0 radical (unpaired) electrons. The van der Waals surface area contributed by atoms with Gasteiger partial charge in [-0.2, -0.15) is 0 Å². The number of benzene rings is 1. The van der Waals surface area contributed by atoms with E-state index in [0.29, 0.717) is 18.2 Å². The van der Waals surface area contributed by atoms with E-state index in [9.17, 15) is 9.90 Å². The third kappa shape index (κ3) is 3.87. The molecule has 0 aliphatic carbocycles. The molecule has 20 heavy (non-hydrogen) atoms. The van der Waals surface area contributed by atoms with E-state index < -0.39 is 11.4 Å². The van der Waals surface area contributed by atoms with Gasteiger partial charge in [-0.25, -0.2) is 0 Å². The Morgan fingerprint density at radius 2 is 2.35 bits per heavy atom. The molecule has 1 atom stereocenters. The number of halogens is 1. The third-order valence-electron chi connectivity index (χ3n) is 3.75. The molecule has 2 rings (SSSR count). The Morgan fingerprint density at radius 3 is 3.00 bits per heavy atom. The molecule has 4 nitrogen and oxygen atoms in total. The van der Waals surface area contributed by atoms with Gasteiger partial charge in [0.05, 0.1) is 12.0 Å². The lowest BCUT2D eigenvalue weighted by molar-refractivity contribution is -0.147. The normalized spacial score (nSPS) is 22.9. The molecule has 0 spiro atoms. The predicted octanol–water partition coefficient (Wildman–Crippen LogP) is 2.91. The van der Waals surface area contributed by atoms with Crippen molar-refractivity contribution in [1.29, 1.82) is 0 Å². The zero-order chi connectivity index (χ0) is 14.6. The maximum atomic E-state index is 11.2. The van der Waals surface area contributed by atoms with Crippen molar-refractivity contribution < 1.29 is 14.6 Å². The molecular weight excluding hydrogens is 278 g/mol. The number of hydrogen-bond donors (Lipinski definition) is 1. The van der Waals surface area contributed by atoms with Crippen LogP contribution in [0.15, 0.2) is 24.3 Å². The molecule has 1 heterocycles. The van der Waals surface area contributed by atoms with Crippen molar-refractivity contribution >= 4 is 17.6 Å². The molecule has 1 aliphatic heterocycles. The summed E-state index contributed by atoms with van der Waals surface area (Å²) in [6, 6.07) is 7.34. The van der Waals surface area contributed by atoms with Crippen LogP contribution in [0.3, 0.4) is 0 Å². The highest BCUT2D eigenvalue weighted by atomic mass is 35.5. The Labute approximate surface area is 124 Å². The molecule has 1 fully saturated rings. The lowest BCUT2D eigenvalue weighted by atomic mass is 9.90. The minimum atomic E-state index is -0.699. The average molecular weight is 298 g/mol. The summed E-state index contributed by atoms with van der Waals surface area (Å²) in [6.45, 7) is 4.77. The summed E-state index contributed by atoms with van der Waals surface area (Å²) in [5.41, 5.74) is -0.589. The number of carbonyl (C=O) groups is 1. The molecule has 0 bridgehead atoms. The van der Waals surface area contributed by atoms with Gasteiger partial charge in [-0.05, 0) is 44.5 Å². The second-order valence-electron chi connectivity index (χ2n) is 5.55. The van der Waals surface area contributed by atoms with Crippen LogP contribution in [-0.4, -0.2) is 42.2 Å². The molecule has 0 aromatic heterocycles. The molecule has 0 saturated carbocycles. The van der Waals surface area contributed by atoms with E-state index >= 15 is 0 Å². The van der Waals surface area contributed by atoms with Crippen molar-refractivity contribution in [2.24, 2.45) is 5.41 Å². The minimum absolute atomic E-state index is 0.589. The number of rotatable bonds is 6. The Balaban J connectivity index is 1.69. The fourth-order valence-electron chi connectivity index (χ4n) is 2.46. The minimum Gasteiger partial charge on any atom is -0.493 e. The van der Waals surface area contributed by atoms with E-state index in [1.54, 1.807) is 6.07 Å². The quantitative estimate of drug-likeness (QED) is 0.820. The van der Waals surface area contributed by atoms with Crippen LogP contribution >= 0.6 is 11.6 Å². The lowest BCUT2D eigenvalue weighted by Gasteiger charge is -2.20. The first-order valence-electron chi connectivity index (χ1n) is 6.84. The zero-order valence-electron chi connectivity index (χ0n) is 11.6. The summed E-state index contributed by atoms with van der Waals surface area (Å²) < 4.78 is 5.62. The number of ether oxygens (including phenoxy) is 1.